The molecule has 0 fully saturated rings. The van der Waals surface area contributed by atoms with Crippen LogP contribution >= 0.6 is 0 Å². The van der Waals surface area contributed by atoms with E-state index < -0.39 is 0 Å². The molecule has 0 amide bonds. The van der Waals surface area contributed by atoms with Gasteiger partial charge in [-0.2, -0.15) is 9.61 Å². The lowest BCUT2D eigenvalue weighted by Gasteiger charge is -2.07. The first-order valence-corrected chi connectivity index (χ1v) is 10.1. The predicted octanol–water partition coefficient (Wildman–Crippen LogP) is 3.45. The smallest absolute Gasteiger partial charge is 0.283 e. The Morgan fingerprint density at radius 1 is 0.968 bits per heavy atom. The lowest BCUT2D eigenvalue weighted by molar-refractivity contribution is 0.628. The first kappa shape index (κ1) is 19.0. The van der Waals surface area contributed by atoms with E-state index >= 15 is 0 Å². The van der Waals surface area contributed by atoms with Crippen molar-refractivity contribution in [3.63, 3.8) is 0 Å². The van der Waals surface area contributed by atoms with Crippen molar-refractivity contribution in [2.24, 2.45) is 0 Å². The highest BCUT2D eigenvalue weighted by molar-refractivity contribution is 5.83. The van der Waals surface area contributed by atoms with Crippen molar-refractivity contribution < 1.29 is 4.39 Å². The molecule has 0 saturated heterocycles. The molecule has 0 saturated carbocycles. The Hall–Kier alpha value is -3.94. The Kier molecular flexibility index (Phi) is 4.74. The molecule has 0 spiro atoms. The molecule has 8 heteroatoms. The molecule has 0 bridgehead atoms. The molecule has 31 heavy (non-hydrogen) atoms. The van der Waals surface area contributed by atoms with Crippen molar-refractivity contribution in [1.29, 1.82) is 0 Å². The summed E-state index contributed by atoms with van der Waals surface area (Å²) in [6.07, 6.45) is 2.88. The van der Waals surface area contributed by atoms with Gasteiger partial charge < -0.3 is 0 Å². The number of nitrogens with zero attached hydrogens (tertiary/aromatic N) is 6. The van der Waals surface area contributed by atoms with Gasteiger partial charge in [0.05, 0.1) is 11.3 Å². The molecule has 0 radical (unpaired) electrons. The third kappa shape index (κ3) is 3.35. The van der Waals surface area contributed by atoms with Gasteiger partial charge in [-0.15, -0.1) is 10.2 Å². The molecule has 0 aliphatic rings. The molecule has 0 aliphatic heterocycles. The minimum Gasteiger partial charge on any atom is -0.297 e. The van der Waals surface area contributed by atoms with E-state index in [-0.39, 0.29) is 16.9 Å². The van der Waals surface area contributed by atoms with Crippen molar-refractivity contribution >= 4 is 16.8 Å². The first-order valence-electron chi connectivity index (χ1n) is 10.1. The summed E-state index contributed by atoms with van der Waals surface area (Å²) in [7, 11) is 0. The van der Waals surface area contributed by atoms with Crippen LogP contribution in [0.3, 0.4) is 0 Å². The Balaban J connectivity index is 1.61. The maximum Gasteiger partial charge on any atom is 0.283 e. The Morgan fingerprint density at radius 2 is 1.74 bits per heavy atom. The fourth-order valence-corrected chi connectivity index (χ4v) is 3.72. The molecular weight excluding hydrogens is 395 g/mol. The highest BCUT2D eigenvalue weighted by Crippen LogP contribution is 2.28. The maximum atomic E-state index is 13.4. The molecule has 3 heterocycles. The molecule has 0 aliphatic carbocycles. The van der Waals surface area contributed by atoms with Crippen molar-refractivity contribution in [3.8, 4) is 11.1 Å². The Labute approximate surface area is 176 Å². The standard InChI is InChI=1S/C23H19FN6O/c1-2-18-19(16-8-10-17(24)11-9-16)21-27-26-20-22(30(21)28-18)25-14-29(23(20)31)13-12-15-6-4-3-5-7-15/h3-11,14H,2,12-13H2,1H3. The van der Waals surface area contributed by atoms with E-state index in [0.29, 0.717) is 30.7 Å². The van der Waals surface area contributed by atoms with Gasteiger partial charge >= 0.3 is 0 Å². The van der Waals surface area contributed by atoms with Gasteiger partial charge in [-0.25, -0.2) is 9.37 Å². The lowest BCUT2D eigenvalue weighted by Crippen LogP contribution is -2.23. The molecule has 3 aromatic heterocycles. The van der Waals surface area contributed by atoms with E-state index in [1.807, 2.05) is 37.3 Å². The molecular formula is C23H19FN6O. The van der Waals surface area contributed by atoms with Crippen molar-refractivity contribution in [3.05, 3.63) is 88.4 Å². The number of aryl methyl sites for hydroxylation is 3. The molecule has 5 rings (SSSR count). The minimum absolute atomic E-state index is 0.166. The number of benzene rings is 2. The number of hydrogen-bond acceptors (Lipinski definition) is 5. The quantitative estimate of drug-likeness (QED) is 0.440. The zero-order chi connectivity index (χ0) is 21.4. The summed E-state index contributed by atoms with van der Waals surface area (Å²) in [5.74, 6) is -0.312. The first-order chi connectivity index (χ1) is 15.2. The second-order valence-electron chi connectivity index (χ2n) is 7.27. The zero-order valence-corrected chi connectivity index (χ0v) is 16.9. The predicted molar refractivity (Wildman–Crippen MR) is 115 cm³/mol. The third-order valence-electron chi connectivity index (χ3n) is 5.33. The summed E-state index contributed by atoms with van der Waals surface area (Å²) in [5, 5.41) is 13.1. The number of rotatable bonds is 5. The van der Waals surface area contributed by atoms with E-state index in [1.165, 1.54) is 18.5 Å². The maximum absolute atomic E-state index is 13.4. The fourth-order valence-electron chi connectivity index (χ4n) is 3.72. The second-order valence-corrected chi connectivity index (χ2v) is 7.27. The third-order valence-corrected chi connectivity index (χ3v) is 5.33. The fraction of sp³-hybridized carbons (Fsp3) is 0.174. The van der Waals surface area contributed by atoms with Gasteiger partial charge in [-0.1, -0.05) is 49.4 Å². The molecule has 154 valence electrons. The topological polar surface area (TPSA) is 78.0 Å². The summed E-state index contributed by atoms with van der Waals surface area (Å²) in [6, 6.07) is 16.1. The van der Waals surface area contributed by atoms with E-state index in [9.17, 15) is 9.18 Å². The van der Waals surface area contributed by atoms with Gasteiger partial charge in [0, 0.05) is 6.54 Å². The molecule has 0 atom stereocenters. The Morgan fingerprint density at radius 3 is 2.48 bits per heavy atom. The van der Waals surface area contributed by atoms with Gasteiger partial charge in [0.2, 0.25) is 0 Å². The highest BCUT2D eigenvalue weighted by Gasteiger charge is 2.19. The Bertz CT molecular complexity index is 1440. The van der Waals surface area contributed by atoms with E-state index in [4.69, 9.17) is 0 Å². The van der Waals surface area contributed by atoms with Crippen LogP contribution in [-0.2, 0) is 19.4 Å². The van der Waals surface area contributed by atoms with Crippen LogP contribution in [0.25, 0.3) is 27.9 Å². The van der Waals surface area contributed by atoms with Gasteiger partial charge in [-0.05, 0) is 36.1 Å². The highest BCUT2D eigenvalue weighted by atomic mass is 19.1. The van der Waals surface area contributed by atoms with E-state index in [0.717, 1.165) is 22.4 Å². The molecule has 0 N–H and O–H groups in total. The molecule has 2 aromatic carbocycles. The van der Waals surface area contributed by atoms with Crippen molar-refractivity contribution in [2.75, 3.05) is 0 Å². The number of halogens is 1. The van der Waals surface area contributed by atoms with Crippen molar-refractivity contribution in [2.45, 2.75) is 26.3 Å². The lowest BCUT2D eigenvalue weighted by atomic mass is 10.0. The van der Waals surface area contributed by atoms with Crippen molar-refractivity contribution in [1.82, 2.24) is 29.4 Å². The van der Waals surface area contributed by atoms with Crippen LogP contribution in [0.1, 0.15) is 18.2 Å². The SMILES string of the molecule is CCc1nn2c(nnc3c(=O)n(CCc4ccccc4)cnc32)c1-c1ccc(F)cc1. The average Bonchev–Trinajstić information content (AvgIpc) is 3.19. The van der Waals surface area contributed by atoms with E-state index in [1.54, 1.807) is 21.2 Å². The number of hydrogen-bond donors (Lipinski definition) is 0. The number of aromatic nitrogens is 6. The minimum atomic E-state index is -0.312. The number of fused-ring (bicyclic) bond motifs is 3. The summed E-state index contributed by atoms with van der Waals surface area (Å²) < 4.78 is 16.5. The zero-order valence-electron chi connectivity index (χ0n) is 16.9. The van der Waals surface area contributed by atoms with E-state index in [2.05, 4.69) is 20.3 Å². The summed E-state index contributed by atoms with van der Waals surface area (Å²) in [4.78, 5) is 17.5. The van der Waals surface area contributed by atoms with Gasteiger partial charge in [0.1, 0.15) is 12.1 Å². The van der Waals surface area contributed by atoms with Gasteiger partial charge in [0.15, 0.2) is 16.8 Å². The summed E-state index contributed by atoms with van der Waals surface area (Å²) in [6.45, 7) is 2.47. The van der Waals surface area contributed by atoms with Crippen LogP contribution in [0.2, 0.25) is 0 Å². The molecule has 7 nitrogen and oxygen atoms in total. The van der Waals surface area contributed by atoms with Crippen LogP contribution < -0.4 is 5.56 Å². The van der Waals surface area contributed by atoms with Gasteiger partial charge in [0.25, 0.3) is 5.56 Å². The largest absolute Gasteiger partial charge is 0.297 e. The van der Waals surface area contributed by atoms with Crippen LogP contribution in [0.4, 0.5) is 4.39 Å². The molecule has 0 unspecified atom stereocenters. The monoisotopic (exact) mass is 414 g/mol. The van der Waals surface area contributed by atoms with Gasteiger partial charge in [-0.3, -0.25) is 9.36 Å². The second kappa shape index (κ2) is 7.71. The summed E-state index contributed by atoms with van der Waals surface area (Å²) >= 11 is 0. The van der Waals surface area contributed by atoms with Crippen LogP contribution in [0.15, 0.2) is 65.7 Å². The van der Waals surface area contributed by atoms with Crippen LogP contribution in [0, 0.1) is 5.82 Å². The van der Waals surface area contributed by atoms with Crippen LogP contribution in [0.5, 0.6) is 0 Å². The summed E-state index contributed by atoms with van der Waals surface area (Å²) in [5.41, 5.74) is 4.23. The van der Waals surface area contributed by atoms with Crippen LogP contribution in [-0.4, -0.2) is 29.4 Å². The normalized spacial score (nSPS) is 11.4. The molecule has 5 aromatic rings. The average molecular weight is 414 g/mol.